The zero-order valence-corrected chi connectivity index (χ0v) is 28.6. The van der Waals surface area contributed by atoms with Crippen LogP contribution in [0, 0.1) is 11.8 Å². The standard InChI is InChI=1S/C34H44ClN3O7S/c1-33(2)31(39)36-46(41,42)25-11-14-30-28(18-25)38(20-34(21-43-30)15-5-7-22-17-24(35)10-13-27(22)34)19-23-9-12-26(23)29(8-6-16-44-33)45-32(40)37(3)4/h10-11,13-14,17-18,23,26,29H,5-9,12,15-16,19-21H2,1-4H3,(H,36,39)/t23-,26+,29?,34-/m0/s1. The molecule has 1 saturated carbocycles. The van der Waals surface area contributed by atoms with E-state index < -0.39 is 21.5 Å². The van der Waals surface area contributed by atoms with Gasteiger partial charge in [0.25, 0.3) is 15.9 Å². The van der Waals surface area contributed by atoms with E-state index in [0.29, 0.717) is 49.0 Å². The number of sulfonamides is 1. The van der Waals surface area contributed by atoms with Gasteiger partial charge in [-0.1, -0.05) is 17.7 Å². The molecule has 10 nitrogen and oxygen atoms in total. The van der Waals surface area contributed by atoms with E-state index >= 15 is 0 Å². The third-order valence-corrected chi connectivity index (χ3v) is 11.8. The fourth-order valence-electron chi connectivity index (χ4n) is 7.43. The summed E-state index contributed by atoms with van der Waals surface area (Å²) in [5, 5.41) is 0.708. The first-order valence-electron chi connectivity index (χ1n) is 16.2. The maximum Gasteiger partial charge on any atom is 0.409 e. The Bertz CT molecular complexity index is 1610. The van der Waals surface area contributed by atoms with E-state index in [1.807, 2.05) is 6.07 Å². The van der Waals surface area contributed by atoms with Gasteiger partial charge in [-0.15, -0.1) is 0 Å². The highest BCUT2D eigenvalue weighted by atomic mass is 35.5. The molecule has 1 unspecified atom stereocenters. The minimum Gasteiger partial charge on any atom is -0.490 e. The van der Waals surface area contributed by atoms with Gasteiger partial charge in [-0.05, 0) is 106 Å². The van der Waals surface area contributed by atoms with E-state index in [4.69, 9.17) is 25.8 Å². The Kier molecular flexibility index (Phi) is 8.97. The summed E-state index contributed by atoms with van der Waals surface area (Å²) in [5.41, 5.74) is 1.37. The smallest absolute Gasteiger partial charge is 0.409 e. The summed E-state index contributed by atoms with van der Waals surface area (Å²) in [5.74, 6) is 0.177. The molecule has 0 radical (unpaired) electrons. The molecule has 4 atom stereocenters. The highest BCUT2D eigenvalue weighted by molar-refractivity contribution is 7.90. The SMILES string of the molecule is CN(C)C(=O)OC1CCCOC(C)(C)C(=O)NS(=O)(=O)c2ccc3c(c2)N(C[C@@H]2CC[C@@H]12)C[C@@]1(CCCc2cc(Cl)ccc21)CO3. The lowest BCUT2D eigenvalue weighted by Gasteiger charge is -2.46. The zero-order chi connectivity index (χ0) is 32.9. The Morgan fingerprint density at radius 3 is 2.65 bits per heavy atom. The van der Waals surface area contributed by atoms with Gasteiger partial charge < -0.3 is 24.0 Å². The van der Waals surface area contributed by atoms with Crippen molar-refractivity contribution in [3.05, 3.63) is 52.5 Å². The average molecular weight is 674 g/mol. The predicted octanol–water partition coefficient (Wildman–Crippen LogP) is 5.30. The van der Waals surface area contributed by atoms with Crippen LogP contribution in [0.2, 0.25) is 5.02 Å². The van der Waals surface area contributed by atoms with Crippen LogP contribution in [0.3, 0.4) is 0 Å². The first-order valence-corrected chi connectivity index (χ1v) is 18.0. The number of carbonyl (C=O) groups is 2. The van der Waals surface area contributed by atoms with Gasteiger partial charge in [0.05, 0.1) is 17.2 Å². The Labute approximate surface area is 276 Å². The molecule has 2 aliphatic carbocycles. The molecular formula is C34H44ClN3O7S. The summed E-state index contributed by atoms with van der Waals surface area (Å²) < 4.78 is 47.9. The summed E-state index contributed by atoms with van der Waals surface area (Å²) in [6.07, 6.45) is 5.13. The van der Waals surface area contributed by atoms with Crippen LogP contribution < -0.4 is 14.4 Å². The molecule has 46 heavy (non-hydrogen) atoms. The third kappa shape index (κ3) is 6.42. The number of nitrogens with zero attached hydrogens (tertiary/aromatic N) is 2. The lowest BCUT2D eigenvalue weighted by molar-refractivity contribution is -0.141. The molecule has 2 aliphatic heterocycles. The number of hydrogen-bond acceptors (Lipinski definition) is 8. The van der Waals surface area contributed by atoms with Crippen molar-refractivity contribution < 1.29 is 32.2 Å². The minimum atomic E-state index is -4.21. The Morgan fingerprint density at radius 1 is 1.11 bits per heavy atom. The van der Waals surface area contributed by atoms with Crippen molar-refractivity contribution in [1.29, 1.82) is 0 Å². The van der Waals surface area contributed by atoms with Crippen LogP contribution in [0.15, 0.2) is 41.3 Å². The summed E-state index contributed by atoms with van der Waals surface area (Å²) in [6, 6.07) is 10.9. The second-order valence-corrected chi connectivity index (χ2v) is 16.1. The zero-order valence-electron chi connectivity index (χ0n) is 27.0. The number of carbonyl (C=O) groups excluding carboxylic acids is 2. The first-order chi connectivity index (χ1) is 21.8. The van der Waals surface area contributed by atoms with Gasteiger partial charge in [0.15, 0.2) is 0 Å². The average Bonchev–Trinajstić information content (AvgIpc) is 3.13. The van der Waals surface area contributed by atoms with Gasteiger partial charge in [0, 0.05) is 50.1 Å². The van der Waals surface area contributed by atoms with E-state index in [1.54, 1.807) is 40.1 Å². The van der Waals surface area contributed by atoms with Crippen molar-refractivity contribution in [2.45, 2.75) is 80.8 Å². The number of anilines is 1. The molecular weight excluding hydrogens is 630 g/mol. The maximum atomic E-state index is 13.6. The molecule has 0 saturated heterocycles. The fraction of sp³-hybridized carbons (Fsp3) is 0.588. The number of ether oxygens (including phenoxy) is 3. The number of fused-ring (bicyclic) bond motifs is 4. The van der Waals surface area contributed by atoms with Crippen LogP contribution in [-0.4, -0.2) is 77.4 Å². The van der Waals surface area contributed by atoms with Gasteiger partial charge in [0.1, 0.15) is 17.5 Å². The van der Waals surface area contributed by atoms with Crippen LogP contribution in [0.5, 0.6) is 5.75 Å². The number of nitrogens with one attached hydrogen (secondary N) is 1. The van der Waals surface area contributed by atoms with E-state index in [1.165, 1.54) is 22.1 Å². The van der Waals surface area contributed by atoms with E-state index in [9.17, 15) is 18.0 Å². The molecule has 1 N–H and O–H groups in total. The quantitative estimate of drug-likeness (QED) is 0.434. The maximum absolute atomic E-state index is 13.6. The summed E-state index contributed by atoms with van der Waals surface area (Å²) in [6.45, 7) is 5.01. The predicted molar refractivity (Wildman–Crippen MR) is 175 cm³/mol. The second kappa shape index (κ2) is 12.5. The molecule has 2 aromatic carbocycles. The third-order valence-electron chi connectivity index (χ3n) is 10.2. The molecule has 2 heterocycles. The first kappa shape index (κ1) is 32.9. The Morgan fingerprint density at radius 2 is 1.91 bits per heavy atom. The van der Waals surface area contributed by atoms with Gasteiger partial charge >= 0.3 is 6.09 Å². The molecule has 6 rings (SSSR count). The fourth-order valence-corrected chi connectivity index (χ4v) is 8.75. The molecule has 4 aliphatic rings. The highest BCUT2D eigenvalue weighted by Gasteiger charge is 2.45. The molecule has 2 bridgehead atoms. The normalized spacial score (nSPS) is 28.8. The summed E-state index contributed by atoms with van der Waals surface area (Å²) >= 11 is 6.41. The number of benzene rings is 2. The monoisotopic (exact) mass is 673 g/mol. The van der Waals surface area contributed by atoms with Gasteiger partial charge in [-0.2, -0.15) is 0 Å². The largest absolute Gasteiger partial charge is 0.490 e. The van der Waals surface area contributed by atoms with Gasteiger partial charge in [-0.25, -0.2) is 17.9 Å². The number of aryl methyl sites for hydroxylation is 1. The molecule has 0 aromatic heterocycles. The lowest BCUT2D eigenvalue weighted by Crippen LogP contribution is -2.50. The summed E-state index contributed by atoms with van der Waals surface area (Å²) in [7, 11) is -0.858. The van der Waals surface area contributed by atoms with Crippen LogP contribution in [0.1, 0.15) is 63.5 Å². The topological polar surface area (TPSA) is 114 Å². The van der Waals surface area contributed by atoms with E-state index in [0.717, 1.165) is 32.1 Å². The number of rotatable bonds is 1. The van der Waals surface area contributed by atoms with Crippen LogP contribution in [-0.2, 0) is 36.1 Å². The van der Waals surface area contributed by atoms with Crippen molar-refractivity contribution in [1.82, 2.24) is 9.62 Å². The molecule has 2 aromatic rings. The van der Waals surface area contributed by atoms with Crippen LogP contribution in [0.4, 0.5) is 10.5 Å². The van der Waals surface area contributed by atoms with Gasteiger partial charge in [-0.3, -0.25) is 4.79 Å². The minimum absolute atomic E-state index is 0.0224. The second-order valence-electron chi connectivity index (χ2n) is 14.0. The molecule has 250 valence electrons. The van der Waals surface area contributed by atoms with Crippen molar-refractivity contribution >= 4 is 39.3 Å². The van der Waals surface area contributed by atoms with E-state index in [-0.39, 0.29) is 41.0 Å². The number of halogens is 1. The highest BCUT2D eigenvalue weighted by Crippen LogP contribution is 2.47. The molecule has 2 amide bonds. The molecule has 1 fully saturated rings. The Hall–Kier alpha value is -3.02. The number of hydrogen-bond donors (Lipinski definition) is 1. The van der Waals surface area contributed by atoms with Crippen LogP contribution >= 0.6 is 11.6 Å². The van der Waals surface area contributed by atoms with Crippen molar-refractivity contribution in [2.75, 3.05) is 45.3 Å². The number of amides is 2. The molecule has 1 spiro atoms. The molecule has 12 heteroatoms. The van der Waals surface area contributed by atoms with Crippen molar-refractivity contribution in [2.24, 2.45) is 11.8 Å². The van der Waals surface area contributed by atoms with Crippen LogP contribution in [0.25, 0.3) is 0 Å². The lowest BCUT2D eigenvalue weighted by atomic mass is 9.68. The Balaban J connectivity index is 1.42. The van der Waals surface area contributed by atoms with Crippen molar-refractivity contribution in [3.63, 3.8) is 0 Å². The van der Waals surface area contributed by atoms with Crippen molar-refractivity contribution in [3.8, 4) is 5.75 Å². The summed E-state index contributed by atoms with van der Waals surface area (Å²) in [4.78, 5) is 29.6. The van der Waals surface area contributed by atoms with E-state index in [2.05, 4.69) is 21.8 Å². The van der Waals surface area contributed by atoms with Gasteiger partial charge in [0.2, 0.25) is 0 Å².